The molecule has 5 aliphatic heterocycles. The molecule has 4 fully saturated rings. The van der Waals surface area contributed by atoms with Crippen LogP contribution in [-0.2, 0) is 114 Å². The summed E-state index contributed by atoms with van der Waals surface area (Å²) in [5, 5.41) is 73.4. The number of likely N-dealkylation sites (N-methyl/N-ethyl adjacent to an activating group) is 1. The SMILES string of the molecule is CCN(C(C)=O)[C@H]1CO[C@@H](O[C@H]2[C@H](O[C@H]3C#C/C=C\C#CC[C@]4(O)CC(=O)C(NC(=O)OC)=C(C3)C4=CCSSC(C)(C)CCC(=O)NCCCC(=O)CCOCCOCCOCCOCCOCCOCCOCCOCCCC(=O)CCN3C(=O)C=CC3=O)O[C@H](C)[C@@H](NO[C@H]3C[C@H](O)[C@H](SC(=O)c4c(C)c(I)c(O[C@@H]5O[C@@H](C)[C@H](O)[C@@H](CO)[C@H]5O)c(OC)c4OC)[C@@H](C)O3)[C@@H]2O)C[C@@H]1OC. The first-order valence-electron chi connectivity index (χ1n) is 46.4. The van der Waals surface area contributed by atoms with Crippen LogP contribution < -0.4 is 30.3 Å². The van der Waals surface area contributed by atoms with Gasteiger partial charge in [-0.2, -0.15) is 5.48 Å². The molecule has 40 nitrogen and oxygen atoms in total. The van der Waals surface area contributed by atoms with Crippen molar-refractivity contribution in [2.24, 2.45) is 5.92 Å². The number of amides is 5. The Labute approximate surface area is 831 Å². The normalized spacial score (nSPS) is 27.2. The first-order valence-corrected chi connectivity index (χ1v) is 50.7. The summed E-state index contributed by atoms with van der Waals surface area (Å²) in [5.74, 6) is 9.30. The van der Waals surface area contributed by atoms with E-state index >= 15 is 0 Å². The topological polar surface area (TPSA) is 502 Å². The lowest BCUT2D eigenvalue weighted by Crippen LogP contribution is -2.65. The smallest absolute Gasteiger partial charge is 0.411 e. The number of fused-ring (bicyclic) bond motifs is 2. The average molecular weight is 2120 g/mol. The molecule has 138 heavy (non-hydrogen) atoms. The van der Waals surface area contributed by atoms with Crippen molar-refractivity contribution in [2.45, 2.75) is 253 Å². The van der Waals surface area contributed by atoms with Gasteiger partial charge in [-0.3, -0.25) is 53.4 Å². The van der Waals surface area contributed by atoms with Gasteiger partial charge in [0.05, 0.1) is 202 Å². The number of allylic oxidation sites excluding steroid dienone is 3. The molecule has 9 N–H and O–H groups in total. The van der Waals surface area contributed by atoms with Gasteiger partial charge in [0.2, 0.25) is 29.0 Å². The molecule has 44 heteroatoms. The first-order chi connectivity index (χ1) is 66.2. The summed E-state index contributed by atoms with van der Waals surface area (Å²) >= 11 is 2.76. The maximum Gasteiger partial charge on any atom is 0.411 e. The number of imide groups is 1. The van der Waals surface area contributed by atoms with E-state index in [4.69, 9.17) is 94.8 Å². The second kappa shape index (κ2) is 61.0. The highest BCUT2D eigenvalue weighted by molar-refractivity contribution is 14.1. The van der Waals surface area contributed by atoms with E-state index in [2.05, 4.69) is 39.8 Å². The zero-order chi connectivity index (χ0) is 100. The third-order valence-corrected chi connectivity index (χ3v) is 29.5. The molecule has 0 unspecified atom stereocenters. The van der Waals surface area contributed by atoms with E-state index in [-0.39, 0.29) is 140 Å². The number of aliphatic hydroxyl groups excluding tert-OH is 5. The van der Waals surface area contributed by atoms with Crippen molar-refractivity contribution in [3.63, 3.8) is 0 Å². The molecule has 0 radical (unpaired) electrons. The Morgan fingerprint density at radius 3 is 1.90 bits per heavy atom. The number of benzene rings is 1. The number of ketones is 3. The summed E-state index contributed by atoms with van der Waals surface area (Å²) in [4.78, 5) is 125. The van der Waals surface area contributed by atoms with E-state index in [1.165, 1.54) is 74.1 Å². The van der Waals surface area contributed by atoms with Crippen LogP contribution in [0.2, 0.25) is 0 Å². The molecular weight excluding hydrogens is 1980 g/mol. The van der Waals surface area contributed by atoms with Gasteiger partial charge in [0.15, 0.2) is 36.2 Å². The van der Waals surface area contributed by atoms with Crippen LogP contribution in [-0.4, -0.2) is 379 Å². The van der Waals surface area contributed by atoms with E-state index in [1.54, 1.807) is 38.7 Å². The van der Waals surface area contributed by atoms with Crippen LogP contribution in [0.15, 0.2) is 47.2 Å². The number of carbonyl (C=O) groups is 9. The number of alkyl carbamates (subject to hydrolysis) is 1. The van der Waals surface area contributed by atoms with Crippen LogP contribution in [0.5, 0.6) is 17.2 Å². The minimum Gasteiger partial charge on any atom is -0.492 e. The van der Waals surface area contributed by atoms with E-state index < -0.39 is 162 Å². The molecule has 2 bridgehead atoms. The Morgan fingerprint density at radius 2 is 1.30 bits per heavy atom. The molecule has 1 aromatic rings. The van der Waals surface area contributed by atoms with Crippen LogP contribution in [0, 0.1) is 40.1 Å². The number of rotatable bonds is 60. The Bertz CT molecular complexity index is 4340. The number of hydrogen-bond acceptors (Lipinski definition) is 39. The number of hydrogen-bond donors (Lipinski definition) is 9. The molecule has 7 aliphatic rings. The van der Waals surface area contributed by atoms with E-state index in [9.17, 15) is 73.8 Å². The average Bonchev–Trinajstić information content (AvgIpc) is 0.767. The van der Waals surface area contributed by atoms with Gasteiger partial charge >= 0.3 is 6.09 Å². The van der Waals surface area contributed by atoms with Crippen molar-refractivity contribution in [1.82, 2.24) is 25.9 Å². The van der Waals surface area contributed by atoms with Crippen LogP contribution in [0.3, 0.4) is 0 Å². The van der Waals surface area contributed by atoms with Gasteiger partial charge in [0.1, 0.15) is 41.6 Å². The van der Waals surface area contributed by atoms with Crippen LogP contribution in [0.4, 0.5) is 4.79 Å². The zero-order valence-corrected chi connectivity index (χ0v) is 85.2. The van der Waals surface area contributed by atoms with E-state index in [0.717, 1.165) is 23.8 Å². The number of methoxy groups -OCH3 is 4. The second-order valence-electron chi connectivity index (χ2n) is 34.0. The van der Waals surface area contributed by atoms with Gasteiger partial charge in [-0.25, -0.2) is 4.79 Å². The van der Waals surface area contributed by atoms with Gasteiger partial charge in [-0.1, -0.05) is 63.1 Å². The molecule has 1 aromatic carbocycles. The lowest BCUT2D eigenvalue weighted by molar-refractivity contribution is -0.338. The quantitative estimate of drug-likeness (QED) is 0.0106. The predicted octanol–water partition coefficient (Wildman–Crippen LogP) is 4.76. The van der Waals surface area contributed by atoms with Crippen LogP contribution >= 0.6 is 55.9 Å². The molecular formula is C94H138IN5O35S3. The van der Waals surface area contributed by atoms with Crippen molar-refractivity contribution in [2.75, 3.05) is 173 Å². The lowest BCUT2D eigenvalue weighted by Gasteiger charge is -2.47. The summed E-state index contributed by atoms with van der Waals surface area (Å²) in [6.45, 7) is 19.9. The third-order valence-electron chi connectivity index (χ3n) is 23.6. The largest absolute Gasteiger partial charge is 0.492 e. The van der Waals surface area contributed by atoms with E-state index in [1.807, 2.05) is 43.4 Å². The third kappa shape index (κ3) is 36.4. The predicted molar refractivity (Wildman–Crippen MR) is 511 cm³/mol. The Morgan fingerprint density at radius 1 is 0.703 bits per heavy atom. The molecule has 774 valence electrons. The number of hydroxylamine groups is 1. The highest BCUT2D eigenvalue weighted by Gasteiger charge is 2.52. The van der Waals surface area contributed by atoms with Crippen molar-refractivity contribution in [3.8, 4) is 40.9 Å². The summed E-state index contributed by atoms with van der Waals surface area (Å²) < 4.78 is 112. The highest BCUT2D eigenvalue weighted by atomic mass is 127. The highest BCUT2D eigenvalue weighted by Crippen LogP contribution is 2.50. The van der Waals surface area contributed by atoms with Gasteiger partial charge < -0.3 is 131 Å². The number of nitrogens with one attached hydrogen (secondary N) is 3. The fourth-order valence-corrected chi connectivity index (χ4v) is 20.2. The molecule has 0 spiro atoms. The fraction of sp³-hybridized carbons (Fsp3) is 0.713. The number of nitrogens with zero attached hydrogens (tertiary/aromatic N) is 2. The lowest BCUT2D eigenvalue weighted by atomic mass is 9.74. The number of Topliss-reactive ketones (excluding diaryl/α,β-unsaturated/α-hetero) is 3. The number of aliphatic hydroxyl groups is 6. The van der Waals surface area contributed by atoms with Crippen molar-refractivity contribution < 1.29 is 169 Å². The number of thioether (sulfide) groups is 1. The van der Waals surface area contributed by atoms with Gasteiger partial charge in [-0.15, -0.1) is 0 Å². The number of carbonyl (C=O) groups excluding carboxylic acids is 9. The molecule has 0 saturated carbocycles. The standard InChI is InChI=1S/C94H138IN5O35S3/c1-13-99(61(6)102)68-56-128-75(53-71(68)116-9)133-86-83(112)79(98-135-76-52-69(105)88(60(5)129-76)137-89(113)77-57(2)78(95)85(87(118-11)84(77)117-10)134-90-82(111)66(55-101)81(110)59(4)131-90)58(3)130-91(86)132-64-23-17-15-14-16-18-30-94(115)54-70(106)80(97-92(114)119-12)65(51-64)67(94)29-50-136-138-93(7,8)31-26-72(107)96-32-19-21-63(104)28-35-121-37-39-123-41-43-125-45-47-127-49-48-126-46-44-124-42-40-122-38-36-120-34-20-22-62(103)27-33-100-73(108)24-25-74(100)109/h14-15,24-25,29,58-60,64,66,68-69,71,75-76,79,81-83,86,88,90-91,98,101,105,110-112,115H,13,19-22,26-28,30-56H2,1-12H3,(H,96,107)(H,97,114)/b15-14-,67-29?/t58-,59+,60-,64+,66-,68+,69+,71+,75+,76+,79-,81+,82-,83+,86-,88-,90+,91+,94+/m1/s1. The summed E-state index contributed by atoms with van der Waals surface area (Å²) in [5.41, 5.74) is 1.62. The van der Waals surface area contributed by atoms with Gasteiger partial charge in [0, 0.05) is 133 Å². The molecule has 5 heterocycles. The Balaban J connectivity index is 0.772. The maximum absolute atomic E-state index is 14.6. The summed E-state index contributed by atoms with van der Waals surface area (Å²) in [6.07, 6.45) is -9.34. The maximum atomic E-state index is 14.6. The Kier molecular flexibility index (Phi) is 51.7. The van der Waals surface area contributed by atoms with Crippen molar-refractivity contribution >= 4 is 108 Å². The zero-order valence-electron chi connectivity index (χ0n) is 80.5. The molecule has 2 aliphatic carbocycles. The molecule has 19 atom stereocenters. The minimum absolute atomic E-state index is 0.00165. The number of halogens is 1. The molecule has 5 amide bonds. The summed E-state index contributed by atoms with van der Waals surface area (Å²) in [7, 11) is 8.22. The molecule has 8 rings (SSSR count). The number of ether oxygens (including phenoxy) is 19. The van der Waals surface area contributed by atoms with Crippen molar-refractivity contribution in [3.05, 3.63) is 61.9 Å². The fourth-order valence-electron chi connectivity index (χ4n) is 16.0. The summed E-state index contributed by atoms with van der Waals surface area (Å²) in [6, 6.07) is -1.68. The molecule has 4 saturated heterocycles. The van der Waals surface area contributed by atoms with Crippen molar-refractivity contribution in [1.29, 1.82) is 0 Å². The second-order valence-corrected chi connectivity index (χ2v) is 39.3. The first kappa shape index (κ1) is 117. The molecule has 0 aromatic heterocycles. The van der Waals surface area contributed by atoms with E-state index in [0.29, 0.717) is 147 Å². The van der Waals surface area contributed by atoms with Crippen LogP contribution in [0.25, 0.3) is 0 Å². The van der Waals surface area contributed by atoms with Gasteiger partial charge in [0.25, 0.3) is 11.8 Å². The van der Waals surface area contributed by atoms with Crippen LogP contribution in [0.1, 0.15) is 148 Å². The Hall–Kier alpha value is -6.41. The van der Waals surface area contributed by atoms with Gasteiger partial charge in [-0.05, 0) is 119 Å². The monoisotopic (exact) mass is 2120 g/mol. The minimum atomic E-state index is -1.93.